The largest absolute Gasteiger partial charge is 0.358 e. The minimum Gasteiger partial charge on any atom is -0.358 e. The number of rotatable bonds is 2. The van der Waals surface area contributed by atoms with Gasteiger partial charge >= 0.3 is 0 Å². The molecule has 0 N–H and O–H groups in total. The van der Waals surface area contributed by atoms with Crippen molar-refractivity contribution >= 4 is 11.2 Å². The lowest BCUT2D eigenvalue weighted by molar-refractivity contribution is 0.0223. The SMILES string of the molecule is Fc1cccc([C@H]2CC(F)(F)CN2c2ccn3nccc3c2)c1. The molecule has 4 rings (SSSR count). The van der Waals surface area contributed by atoms with Crippen LogP contribution in [0, 0.1) is 5.82 Å². The average Bonchev–Trinajstić information content (AvgIpc) is 3.10. The molecule has 0 amide bonds. The van der Waals surface area contributed by atoms with Gasteiger partial charge in [0.2, 0.25) is 0 Å². The molecule has 1 saturated heterocycles. The van der Waals surface area contributed by atoms with Crippen molar-refractivity contribution in [2.75, 3.05) is 11.4 Å². The van der Waals surface area contributed by atoms with Crippen molar-refractivity contribution in [3.05, 3.63) is 66.2 Å². The van der Waals surface area contributed by atoms with E-state index in [0.717, 1.165) is 5.52 Å². The molecular formula is C17H14F3N3. The molecular weight excluding hydrogens is 303 g/mol. The number of pyridine rings is 1. The molecule has 1 fully saturated rings. The topological polar surface area (TPSA) is 20.5 Å². The van der Waals surface area contributed by atoms with Gasteiger partial charge in [-0.25, -0.2) is 17.7 Å². The summed E-state index contributed by atoms with van der Waals surface area (Å²) in [5.41, 5.74) is 2.08. The number of alkyl halides is 2. The molecule has 0 saturated carbocycles. The van der Waals surface area contributed by atoms with Crippen LogP contribution in [0.5, 0.6) is 0 Å². The number of nitrogens with zero attached hydrogens (tertiary/aromatic N) is 3. The fourth-order valence-corrected chi connectivity index (χ4v) is 3.19. The van der Waals surface area contributed by atoms with Gasteiger partial charge < -0.3 is 4.90 Å². The first-order valence-corrected chi connectivity index (χ1v) is 7.35. The standard InChI is InChI=1S/C17H14F3N3/c18-13-3-1-2-12(8-13)16-10-17(19,20)11-22(16)14-5-7-23-15(9-14)4-6-21-23/h1-9,16H,10-11H2/t16-/m1/s1. The number of anilines is 1. The maximum atomic E-state index is 14.0. The summed E-state index contributed by atoms with van der Waals surface area (Å²) in [6.07, 6.45) is 3.08. The molecule has 1 aliphatic rings. The molecule has 3 aromatic rings. The Hall–Kier alpha value is -2.50. The van der Waals surface area contributed by atoms with Gasteiger partial charge in [0, 0.05) is 24.5 Å². The van der Waals surface area contributed by atoms with Crippen LogP contribution in [0.1, 0.15) is 18.0 Å². The Balaban J connectivity index is 1.77. The summed E-state index contributed by atoms with van der Waals surface area (Å²) in [6, 6.07) is 10.7. The summed E-state index contributed by atoms with van der Waals surface area (Å²) in [4.78, 5) is 1.64. The molecule has 1 aromatic carbocycles. The van der Waals surface area contributed by atoms with Crippen molar-refractivity contribution in [3.63, 3.8) is 0 Å². The van der Waals surface area contributed by atoms with Crippen LogP contribution in [0.4, 0.5) is 18.9 Å². The monoisotopic (exact) mass is 317 g/mol. The van der Waals surface area contributed by atoms with E-state index in [4.69, 9.17) is 0 Å². The van der Waals surface area contributed by atoms with E-state index in [1.54, 1.807) is 40.0 Å². The Labute approximate surface area is 131 Å². The molecule has 2 aromatic heterocycles. The van der Waals surface area contributed by atoms with E-state index in [1.807, 2.05) is 12.1 Å². The van der Waals surface area contributed by atoms with Gasteiger partial charge in [0.25, 0.3) is 5.92 Å². The number of aromatic nitrogens is 2. The van der Waals surface area contributed by atoms with Gasteiger partial charge in [-0.05, 0) is 35.9 Å². The molecule has 6 heteroatoms. The lowest BCUT2D eigenvalue weighted by Crippen LogP contribution is -2.26. The first-order valence-electron chi connectivity index (χ1n) is 7.35. The zero-order chi connectivity index (χ0) is 16.0. The maximum Gasteiger partial charge on any atom is 0.267 e. The first-order chi connectivity index (χ1) is 11.0. The highest BCUT2D eigenvalue weighted by atomic mass is 19.3. The Kier molecular flexibility index (Phi) is 3.07. The third-order valence-corrected chi connectivity index (χ3v) is 4.22. The second-order valence-electron chi connectivity index (χ2n) is 5.84. The summed E-state index contributed by atoms with van der Waals surface area (Å²) in [5.74, 6) is -3.22. The number of halogens is 3. The smallest absolute Gasteiger partial charge is 0.267 e. The van der Waals surface area contributed by atoms with Gasteiger partial charge in [-0.2, -0.15) is 5.10 Å². The van der Waals surface area contributed by atoms with Crippen LogP contribution in [0.3, 0.4) is 0 Å². The van der Waals surface area contributed by atoms with Gasteiger partial charge in [0.05, 0.1) is 18.1 Å². The molecule has 1 atom stereocenters. The molecule has 0 unspecified atom stereocenters. The zero-order valence-electron chi connectivity index (χ0n) is 12.2. The van der Waals surface area contributed by atoms with Gasteiger partial charge in [0.1, 0.15) is 5.82 Å². The average molecular weight is 317 g/mol. The van der Waals surface area contributed by atoms with Crippen molar-refractivity contribution in [3.8, 4) is 0 Å². The molecule has 0 spiro atoms. The van der Waals surface area contributed by atoms with Crippen LogP contribution in [-0.2, 0) is 0 Å². The molecule has 3 nitrogen and oxygen atoms in total. The number of benzene rings is 1. The van der Waals surface area contributed by atoms with Crippen LogP contribution >= 0.6 is 0 Å². The zero-order valence-corrected chi connectivity index (χ0v) is 12.2. The van der Waals surface area contributed by atoms with Crippen LogP contribution in [0.25, 0.3) is 5.52 Å². The normalized spacial score (nSPS) is 20.3. The molecule has 0 bridgehead atoms. The van der Waals surface area contributed by atoms with Crippen LogP contribution < -0.4 is 4.90 Å². The van der Waals surface area contributed by atoms with Gasteiger partial charge in [-0.3, -0.25) is 0 Å². The lowest BCUT2D eigenvalue weighted by atomic mass is 10.0. The van der Waals surface area contributed by atoms with E-state index in [1.165, 1.54) is 12.1 Å². The Morgan fingerprint density at radius 2 is 2.00 bits per heavy atom. The highest BCUT2D eigenvalue weighted by molar-refractivity contribution is 5.61. The highest BCUT2D eigenvalue weighted by Crippen LogP contribution is 2.43. The maximum absolute atomic E-state index is 14.0. The van der Waals surface area contributed by atoms with E-state index in [-0.39, 0.29) is 13.0 Å². The predicted molar refractivity (Wildman–Crippen MR) is 81.2 cm³/mol. The molecule has 118 valence electrons. The van der Waals surface area contributed by atoms with E-state index >= 15 is 0 Å². The summed E-state index contributed by atoms with van der Waals surface area (Å²) in [6.45, 7) is -0.376. The number of hydrogen-bond donors (Lipinski definition) is 0. The van der Waals surface area contributed by atoms with E-state index in [0.29, 0.717) is 11.3 Å². The molecule has 1 aliphatic heterocycles. The Bertz CT molecular complexity index is 859. The Morgan fingerprint density at radius 3 is 2.83 bits per heavy atom. The summed E-state index contributed by atoms with van der Waals surface area (Å²) in [7, 11) is 0. The van der Waals surface area contributed by atoms with Gasteiger partial charge in [-0.1, -0.05) is 12.1 Å². The van der Waals surface area contributed by atoms with Gasteiger partial charge in [0.15, 0.2) is 0 Å². The van der Waals surface area contributed by atoms with Crippen LogP contribution in [0.2, 0.25) is 0 Å². The summed E-state index contributed by atoms with van der Waals surface area (Å²) < 4.78 is 43.2. The third-order valence-electron chi connectivity index (χ3n) is 4.22. The quantitative estimate of drug-likeness (QED) is 0.710. The number of fused-ring (bicyclic) bond motifs is 1. The van der Waals surface area contributed by atoms with Crippen LogP contribution in [-0.4, -0.2) is 22.1 Å². The van der Waals surface area contributed by atoms with E-state index in [9.17, 15) is 13.2 Å². The first kappa shape index (κ1) is 14.1. The molecule has 23 heavy (non-hydrogen) atoms. The number of hydrogen-bond acceptors (Lipinski definition) is 2. The lowest BCUT2D eigenvalue weighted by Gasteiger charge is -2.26. The minimum atomic E-state index is -2.80. The predicted octanol–water partition coefficient (Wildman–Crippen LogP) is 4.06. The third kappa shape index (κ3) is 2.54. The van der Waals surface area contributed by atoms with Crippen molar-refractivity contribution in [2.24, 2.45) is 0 Å². The molecule has 0 aliphatic carbocycles. The summed E-state index contributed by atoms with van der Waals surface area (Å²) >= 11 is 0. The fraction of sp³-hybridized carbons (Fsp3) is 0.235. The minimum absolute atomic E-state index is 0.319. The molecule has 3 heterocycles. The van der Waals surface area contributed by atoms with Gasteiger partial charge in [-0.15, -0.1) is 0 Å². The highest BCUT2D eigenvalue weighted by Gasteiger charge is 2.45. The Morgan fingerprint density at radius 1 is 1.13 bits per heavy atom. The second-order valence-corrected chi connectivity index (χ2v) is 5.84. The van der Waals surface area contributed by atoms with Crippen molar-refractivity contribution in [2.45, 2.75) is 18.4 Å². The van der Waals surface area contributed by atoms with Crippen molar-refractivity contribution in [1.29, 1.82) is 0 Å². The summed E-state index contributed by atoms with van der Waals surface area (Å²) in [5, 5.41) is 4.10. The fourth-order valence-electron chi connectivity index (χ4n) is 3.19. The van der Waals surface area contributed by atoms with Crippen LogP contribution in [0.15, 0.2) is 54.9 Å². The van der Waals surface area contributed by atoms with E-state index < -0.39 is 17.8 Å². The molecule has 0 radical (unpaired) electrons. The van der Waals surface area contributed by atoms with Crippen molar-refractivity contribution < 1.29 is 13.2 Å². The van der Waals surface area contributed by atoms with E-state index in [2.05, 4.69) is 5.10 Å². The van der Waals surface area contributed by atoms with Crippen molar-refractivity contribution in [1.82, 2.24) is 9.61 Å². The second kappa shape index (κ2) is 5.01.